The maximum atomic E-state index is 5.99. The highest BCUT2D eigenvalue weighted by Gasteiger charge is 2.08. The molecule has 19 heavy (non-hydrogen) atoms. The average molecular weight is 259 g/mol. The fourth-order valence-corrected chi connectivity index (χ4v) is 1.70. The maximum absolute atomic E-state index is 5.99. The molecular weight excluding hydrogens is 242 g/mol. The van der Waals surface area contributed by atoms with Crippen LogP contribution in [0.1, 0.15) is 5.56 Å². The highest BCUT2D eigenvalue weighted by atomic mass is 16.5. The molecule has 1 aromatic heterocycles. The Morgan fingerprint density at radius 1 is 1.16 bits per heavy atom. The zero-order chi connectivity index (χ0) is 13.8. The van der Waals surface area contributed by atoms with Crippen LogP contribution in [0.4, 0.5) is 17.2 Å². The second kappa shape index (κ2) is 5.48. The molecule has 5 heteroatoms. The summed E-state index contributed by atoms with van der Waals surface area (Å²) >= 11 is 0. The fourth-order valence-electron chi connectivity index (χ4n) is 1.70. The molecular formula is C14H17N3O2. The van der Waals surface area contributed by atoms with E-state index in [1.807, 2.05) is 25.1 Å². The molecule has 0 atom stereocenters. The van der Waals surface area contributed by atoms with Crippen molar-refractivity contribution in [1.29, 1.82) is 0 Å². The Labute approximate surface area is 112 Å². The zero-order valence-corrected chi connectivity index (χ0v) is 11.2. The summed E-state index contributed by atoms with van der Waals surface area (Å²) in [6, 6.07) is 7.37. The summed E-state index contributed by atoms with van der Waals surface area (Å²) in [5.74, 6) is 2.01. The number of hydrogen-bond acceptors (Lipinski definition) is 5. The number of nitrogens with two attached hydrogens (primary N) is 1. The smallest absolute Gasteiger partial charge is 0.153 e. The Morgan fingerprint density at radius 3 is 2.63 bits per heavy atom. The molecule has 0 aliphatic heterocycles. The quantitative estimate of drug-likeness (QED) is 0.883. The second-order valence-electron chi connectivity index (χ2n) is 4.08. The van der Waals surface area contributed by atoms with Crippen LogP contribution in [-0.2, 0) is 0 Å². The number of anilines is 3. The van der Waals surface area contributed by atoms with Gasteiger partial charge in [0.15, 0.2) is 5.82 Å². The van der Waals surface area contributed by atoms with Gasteiger partial charge in [-0.1, -0.05) is 0 Å². The molecule has 1 aromatic carbocycles. The first-order valence-electron chi connectivity index (χ1n) is 5.86. The minimum Gasteiger partial charge on any atom is -0.497 e. The number of nitrogens with zero attached hydrogens (tertiary/aromatic N) is 1. The van der Waals surface area contributed by atoms with Gasteiger partial charge in [-0.15, -0.1) is 0 Å². The van der Waals surface area contributed by atoms with Crippen molar-refractivity contribution in [3.8, 4) is 11.5 Å². The predicted molar refractivity (Wildman–Crippen MR) is 76.2 cm³/mol. The molecule has 0 aliphatic carbocycles. The van der Waals surface area contributed by atoms with Crippen LogP contribution in [0.2, 0.25) is 0 Å². The monoisotopic (exact) mass is 259 g/mol. The Hall–Kier alpha value is -2.43. The van der Waals surface area contributed by atoms with Crippen LogP contribution >= 0.6 is 0 Å². The summed E-state index contributed by atoms with van der Waals surface area (Å²) in [5.41, 5.74) is 8.37. The molecule has 1 heterocycles. The van der Waals surface area contributed by atoms with Crippen molar-refractivity contribution in [3.63, 3.8) is 0 Å². The molecule has 2 rings (SSSR count). The maximum Gasteiger partial charge on any atom is 0.153 e. The Bertz CT molecular complexity index is 585. The van der Waals surface area contributed by atoms with Crippen molar-refractivity contribution >= 4 is 17.2 Å². The van der Waals surface area contributed by atoms with E-state index in [2.05, 4.69) is 10.3 Å². The van der Waals surface area contributed by atoms with Crippen molar-refractivity contribution in [2.45, 2.75) is 6.92 Å². The SMILES string of the molecule is COc1ccc(Nc2nccc(C)c2N)c(OC)c1. The van der Waals surface area contributed by atoms with E-state index in [1.165, 1.54) is 0 Å². The van der Waals surface area contributed by atoms with Crippen molar-refractivity contribution in [3.05, 3.63) is 36.0 Å². The molecule has 0 fully saturated rings. The minimum atomic E-state index is 0.614. The number of methoxy groups -OCH3 is 2. The zero-order valence-electron chi connectivity index (χ0n) is 11.2. The highest BCUT2D eigenvalue weighted by molar-refractivity contribution is 5.74. The summed E-state index contributed by atoms with van der Waals surface area (Å²) in [6.45, 7) is 1.94. The van der Waals surface area contributed by atoms with Crippen LogP contribution in [0.5, 0.6) is 11.5 Å². The summed E-state index contributed by atoms with van der Waals surface area (Å²) in [5, 5.41) is 3.17. The van der Waals surface area contributed by atoms with Gasteiger partial charge in [0.1, 0.15) is 11.5 Å². The third-order valence-corrected chi connectivity index (χ3v) is 2.87. The molecule has 0 unspecified atom stereocenters. The van der Waals surface area contributed by atoms with Crippen molar-refractivity contribution in [1.82, 2.24) is 4.98 Å². The normalized spacial score (nSPS) is 10.1. The van der Waals surface area contributed by atoms with E-state index in [-0.39, 0.29) is 0 Å². The number of hydrogen-bond donors (Lipinski definition) is 2. The van der Waals surface area contributed by atoms with Gasteiger partial charge >= 0.3 is 0 Å². The van der Waals surface area contributed by atoms with E-state index < -0.39 is 0 Å². The van der Waals surface area contributed by atoms with E-state index in [9.17, 15) is 0 Å². The summed E-state index contributed by atoms with van der Waals surface area (Å²) < 4.78 is 10.5. The van der Waals surface area contributed by atoms with E-state index in [1.54, 1.807) is 26.5 Å². The molecule has 3 N–H and O–H groups in total. The number of nitrogen functional groups attached to an aromatic ring is 1. The van der Waals surface area contributed by atoms with Gasteiger partial charge in [-0.25, -0.2) is 4.98 Å². The van der Waals surface area contributed by atoms with Crippen LogP contribution in [-0.4, -0.2) is 19.2 Å². The molecule has 0 amide bonds. The van der Waals surface area contributed by atoms with Crippen molar-refractivity contribution in [2.24, 2.45) is 0 Å². The van der Waals surface area contributed by atoms with E-state index in [4.69, 9.17) is 15.2 Å². The lowest BCUT2D eigenvalue weighted by Gasteiger charge is -2.13. The largest absolute Gasteiger partial charge is 0.497 e. The van der Waals surface area contributed by atoms with E-state index in [0.717, 1.165) is 17.0 Å². The first-order valence-corrected chi connectivity index (χ1v) is 5.86. The minimum absolute atomic E-state index is 0.614. The van der Waals surface area contributed by atoms with Crippen LogP contribution in [0, 0.1) is 6.92 Å². The molecule has 100 valence electrons. The second-order valence-corrected chi connectivity index (χ2v) is 4.08. The van der Waals surface area contributed by atoms with Gasteiger partial charge in [0.2, 0.25) is 0 Å². The first kappa shape index (κ1) is 13.0. The van der Waals surface area contributed by atoms with Gasteiger partial charge in [-0.2, -0.15) is 0 Å². The fraction of sp³-hybridized carbons (Fsp3) is 0.214. The molecule has 0 bridgehead atoms. The van der Waals surface area contributed by atoms with Gasteiger partial charge in [0.05, 0.1) is 25.6 Å². The summed E-state index contributed by atoms with van der Waals surface area (Å²) in [4.78, 5) is 4.23. The predicted octanol–water partition coefficient (Wildman–Crippen LogP) is 2.73. The molecule has 5 nitrogen and oxygen atoms in total. The van der Waals surface area contributed by atoms with Crippen LogP contribution in [0.25, 0.3) is 0 Å². The lowest BCUT2D eigenvalue weighted by Crippen LogP contribution is -2.02. The topological polar surface area (TPSA) is 69.4 Å². The standard InChI is InChI=1S/C14H17N3O2/c1-9-6-7-16-14(13(9)15)17-11-5-4-10(18-2)8-12(11)19-3/h4-8H,15H2,1-3H3,(H,16,17). The van der Waals surface area contributed by atoms with Crippen LogP contribution in [0.15, 0.2) is 30.5 Å². The highest BCUT2D eigenvalue weighted by Crippen LogP contribution is 2.32. The first-order chi connectivity index (χ1) is 9.15. The molecule has 0 spiro atoms. The summed E-state index contributed by atoms with van der Waals surface area (Å²) in [7, 11) is 3.22. The molecule has 0 aliphatic rings. The van der Waals surface area contributed by atoms with Gasteiger partial charge in [-0.05, 0) is 30.7 Å². The average Bonchev–Trinajstić information content (AvgIpc) is 2.44. The van der Waals surface area contributed by atoms with Crippen LogP contribution in [0.3, 0.4) is 0 Å². The van der Waals surface area contributed by atoms with Gasteiger partial charge < -0.3 is 20.5 Å². The Balaban J connectivity index is 2.35. The third kappa shape index (κ3) is 2.70. The number of pyridine rings is 1. The lowest BCUT2D eigenvalue weighted by molar-refractivity contribution is 0.395. The molecule has 0 saturated heterocycles. The Morgan fingerprint density at radius 2 is 1.95 bits per heavy atom. The molecule has 0 radical (unpaired) electrons. The number of benzene rings is 1. The van der Waals surface area contributed by atoms with Crippen molar-refractivity contribution < 1.29 is 9.47 Å². The number of ether oxygens (including phenoxy) is 2. The van der Waals surface area contributed by atoms with Crippen molar-refractivity contribution in [2.75, 3.05) is 25.3 Å². The number of rotatable bonds is 4. The van der Waals surface area contributed by atoms with Crippen LogP contribution < -0.4 is 20.5 Å². The van der Waals surface area contributed by atoms with E-state index >= 15 is 0 Å². The number of nitrogens with one attached hydrogen (secondary N) is 1. The summed E-state index contributed by atoms with van der Waals surface area (Å²) in [6.07, 6.45) is 1.71. The third-order valence-electron chi connectivity index (χ3n) is 2.87. The van der Waals surface area contributed by atoms with Gasteiger partial charge in [-0.3, -0.25) is 0 Å². The van der Waals surface area contributed by atoms with Gasteiger partial charge in [0.25, 0.3) is 0 Å². The Kier molecular flexibility index (Phi) is 3.75. The number of aryl methyl sites for hydroxylation is 1. The number of aromatic nitrogens is 1. The van der Waals surface area contributed by atoms with E-state index in [0.29, 0.717) is 17.3 Å². The van der Waals surface area contributed by atoms with Gasteiger partial charge in [0, 0.05) is 12.3 Å². The molecule has 0 saturated carbocycles. The molecule has 2 aromatic rings. The lowest BCUT2D eigenvalue weighted by atomic mass is 10.2.